The van der Waals surface area contributed by atoms with Gasteiger partial charge in [0.15, 0.2) is 0 Å². The van der Waals surface area contributed by atoms with Crippen molar-refractivity contribution < 1.29 is 0 Å². The van der Waals surface area contributed by atoms with Crippen LogP contribution in [0.3, 0.4) is 0 Å². The van der Waals surface area contributed by atoms with Gasteiger partial charge < -0.3 is 9.88 Å². The van der Waals surface area contributed by atoms with E-state index in [0.29, 0.717) is 15.6 Å². The third-order valence-corrected chi connectivity index (χ3v) is 7.87. The highest BCUT2D eigenvalue weighted by Gasteiger charge is 2.26. The number of allylic oxidation sites excluding steroid dienone is 6. The van der Waals surface area contributed by atoms with Crippen molar-refractivity contribution in [2.45, 2.75) is 32.1 Å². The normalized spacial score (nSPS) is 16.9. The number of likely N-dealkylation sites (tertiary alicyclic amines) is 1. The average molecular weight is 530 g/mol. The molecular weight excluding hydrogens is 499 g/mol. The Balaban J connectivity index is 1.44. The molecule has 188 valence electrons. The van der Waals surface area contributed by atoms with E-state index >= 15 is 0 Å². The molecule has 37 heavy (non-hydrogen) atoms. The zero-order valence-corrected chi connectivity index (χ0v) is 22.3. The summed E-state index contributed by atoms with van der Waals surface area (Å²) in [7, 11) is 0. The van der Waals surface area contributed by atoms with E-state index in [1.54, 1.807) is 6.08 Å². The molecule has 1 aromatic heterocycles. The zero-order valence-electron chi connectivity index (χ0n) is 20.8. The first-order valence-corrected chi connectivity index (χ1v) is 13.6. The average Bonchev–Trinajstić information content (AvgIpc) is 3.64. The third-order valence-electron chi connectivity index (χ3n) is 7.15. The van der Waals surface area contributed by atoms with Gasteiger partial charge in [-0.2, -0.15) is 5.26 Å². The molecule has 5 rings (SSSR count). The SMILES string of the molecule is C=C/C=C(\C=C/CC(=C1CCN(CC2CC2)CC1)c1nc2cc(Cl)c(Cl)cc2[nH]1)c1cccc(C#N)c1. The van der Waals surface area contributed by atoms with E-state index in [2.05, 4.69) is 34.7 Å². The summed E-state index contributed by atoms with van der Waals surface area (Å²) in [5.41, 5.74) is 7.03. The number of hydrogen-bond acceptors (Lipinski definition) is 3. The van der Waals surface area contributed by atoms with Crippen LogP contribution in [0.5, 0.6) is 0 Å². The number of piperidine rings is 1. The Hall–Kier alpha value is -3.10. The van der Waals surface area contributed by atoms with E-state index < -0.39 is 0 Å². The van der Waals surface area contributed by atoms with Crippen LogP contribution in [0.25, 0.3) is 22.2 Å². The van der Waals surface area contributed by atoms with Gasteiger partial charge in [0, 0.05) is 19.6 Å². The second-order valence-corrected chi connectivity index (χ2v) is 10.7. The zero-order chi connectivity index (χ0) is 25.8. The number of fused-ring (bicyclic) bond motifs is 1. The summed E-state index contributed by atoms with van der Waals surface area (Å²) in [6, 6.07) is 13.5. The lowest BCUT2D eigenvalue weighted by molar-refractivity contribution is 0.247. The summed E-state index contributed by atoms with van der Waals surface area (Å²) in [5, 5.41) is 10.3. The fourth-order valence-corrected chi connectivity index (χ4v) is 5.30. The summed E-state index contributed by atoms with van der Waals surface area (Å²) in [6.07, 6.45) is 13.7. The van der Waals surface area contributed by atoms with Crippen LogP contribution >= 0.6 is 23.2 Å². The van der Waals surface area contributed by atoms with Gasteiger partial charge in [-0.05, 0) is 79.0 Å². The molecule has 4 nitrogen and oxygen atoms in total. The van der Waals surface area contributed by atoms with Crippen molar-refractivity contribution in [2.24, 2.45) is 5.92 Å². The molecule has 2 fully saturated rings. The Labute approximate surface area is 228 Å². The van der Waals surface area contributed by atoms with Crippen LogP contribution in [0.1, 0.15) is 49.1 Å². The van der Waals surface area contributed by atoms with Gasteiger partial charge in [-0.1, -0.05) is 71.8 Å². The molecule has 0 amide bonds. The van der Waals surface area contributed by atoms with E-state index in [-0.39, 0.29) is 0 Å². The number of benzene rings is 2. The number of nitrogens with one attached hydrogen (secondary N) is 1. The molecular formula is C31H30Cl2N4. The summed E-state index contributed by atoms with van der Waals surface area (Å²) < 4.78 is 0. The van der Waals surface area contributed by atoms with Crippen LogP contribution in [-0.4, -0.2) is 34.5 Å². The maximum Gasteiger partial charge on any atom is 0.134 e. The molecule has 2 aromatic carbocycles. The second-order valence-electron chi connectivity index (χ2n) is 9.85. The Kier molecular flexibility index (Phi) is 7.96. The molecule has 3 aromatic rings. The van der Waals surface area contributed by atoms with Gasteiger partial charge in [0.25, 0.3) is 0 Å². The Bertz CT molecular complexity index is 1400. The van der Waals surface area contributed by atoms with Crippen LogP contribution < -0.4 is 0 Å². The molecule has 1 saturated heterocycles. The standard InChI is InChI=1S/C31H30Cl2N4/c1-2-5-23(25-8-3-6-22(16-25)19-34)7-4-9-26(24-12-14-37(15-13-24)20-21-10-11-21)31-35-29-17-27(32)28(33)18-30(29)36-31/h2-8,16-18,21H,1,9-15,20H2,(H,35,36)/b7-4-,23-5+. The van der Waals surface area contributed by atoms with Gasteiger partial charge >= 0.3 is 0 Å². The van der Waals surface area contributed by atoms with Gasteiger partial charge in [-0.25, -0.2) is 4.98 Å². The third kappa shape index (κ3) is 6.25. The van der Waals surface area contributed by atoms with Crippen molar-refractivity contribution >= 4 is 45.4 Å². The second kappa shape index (κ2) is 11.5. The predicted molar refractivity (Wildman–Crippen MR) is 155 cm³/mol. The Morgan fingerprint density at radius 2 is 1.95 bits per heavy atom. The number of rotatable bonds is 8. The molecule has 2 heterocycles. The lowest BCUT2D eigenvalue weighted by Crippen LogP contribution is -2.32. The number of imidazole rings is 1. The van der Waals surface area contributed by atoms with E-state index in [1.807, 2.05) is 42.5 Å². The summed E-state index contributed by atoms with van der Waals surface area (Å²) in [4.78, 5) is 11.0. The maximum absolute atomic E-state index is 9.31. The fourth-order valence-electron chi connectivity index (χ4n) is 4.98. The molecule has 1 aliphatic heterocycles. The first kappa shape index (κ1) is 25.5. The molecule has 0 unspecified atom stereocenters. The lowest BCUT2D eigenvalue weighted by atomic mass is 9.94. The number of aromatic amines is 1. The van der Waals surface area contributed by atoms with E-state index in [1.165, 1.54) is 30.5 Å². The number of hydrogen-bond donors (Lipinski definition) is 1. The predicted octanol–water partition coefficient (Wildman–Crippen LogP) is 8.22. The van der Waals surface area contributed by atoms with Crippen LogP contribution in [0.2, 0.25) is 10.0 Å². The Morgan fingerprint density at radius 3 is 2.68 bits per heavy atom. The van der Waals surface area contributed by atoms with Crippen LogP contribution in [0, 0.1) is 17.2 Å². The quantitative estimate of drug-likeness (QED) is 0.299. The number of H-pyrrole nitrogens is 1. The van der Waals surface area contributed by atoms with Crippen molar-refractivity contribution in [3.63, 3.8) is 0 Å². The van der Waals surface area contributed by atoms with Crippen molar-refractivity contribution in [1.29, 1.82) is 5.26 Å². The van der Waals surface area contributed by atoms with Crippen LogP contribution in [-0.2, 0) is 0 Å². The fraction of sp³-hybridized carbons (Fsp3) is 0.290. The molecule has 0 radical (unpaired) electrons. The van der Waals surface area contributed by atoms with Crippen molar-refractivity contribution in [3.8, 4) is 6.07 Å². The summed E-state index contributed by atoms with van der Waals surface area (Å²) >= 11 is 12.5. The summed E-state index contributed by atoms with van der Waals surface area (Å²) in [6.45, 7) is 7.31. The van der Waals surface area contributed by atoms with Crippen LogP contribution in [0.15, 0.2) is 72.9 Å². The molecule has 1 saturated carbocycles. The van der Waals surface area contributed by atoms with Crippen molar-refractivity contribution in [2.75, 3.05) is 19.6 Å². The van der Waals surface area contributed by atoms with Crippen molar-refractivity contribution in [3.05, 3.63) is 99.9 Å². The molecule has 1 N–H and O–H groups in total. The van der Waals surface area contributed by atoms with Gasteiger partial charge in [-0.3, -0.25) is 0 Å². The minimum absolute atomic E-state index is 0.508. The molecule has 0 bridgehead atoms. The largest absolute Gasteiger partial charge is 0.338 e. The first-order chi connectivity index (χ1) is 18.0. The van der Waals surface area contributed by atoms with E-state index in [9.17, 15) is 5.26 Å². The van der Waals surface area contributed by atoms with Gasteiger partial charge in [-0.15, -0.1) is 0 Å². The number of nitriles is 1. The first-order valence-electron chi connectivity index (χ1n) is 12.8. The minimum atomic E-state index is 0.508. The molecule has 6 heteroatoms. The van der Waals surface area contributed by atoms with Gasteiger partial charge in [0.2, 0.25) is 0 Å². The lowest BCUT2D eigenvalue weighted by Gasteiger charge is -2.29. The molecule has 0 spiro atoms. The highest BCUT2D eigenvalue weighted by molar-refractivity contribution is 6.42. The van der Waals surface area contributed by atoms with Gasteiger partial charge in [0.05, 0.1) is 32.7 Å². The smallest absolute Gasteiger partial charge is 0.134 e. The Morgan fingerprint density at radius 1 is 1.16 bits per heavy atom. The summed E-state index contributed by atoms with van der Waals surface area (Å²) in [5.74, 6) is 1.79. The monoisotopic (exact) mass is 528 g/mol. The molecule has 0 atom stereocenters. The highest BCUT2D eigenvalue weighted by Crippen LogP contribution is 2.34. The van der Waals surface area contributed by atoms with Crippen LogP contribution in [0.4, 0.5) is 0 Å². The minimum Gasteiger partial charge on any atom is -0.338 e. The van der Waals surface area contributed by atoms with Gasteiger partial charge in [0.1, 0.15) is 5.82 Å². The maximum atomic E-state index is 9.31. The highest BCUT2D eigenvalue weighted by atomic mass is 35.5. The number of halogens is 2. The number of nitrogens with zero attached hydrogens (tertiary/aromatic N) is 3. The van der Waals surface area contributed by atoms with E-state index in [4.69, 9.17) is 28.2 Å². The number of aromatic nitrogens is 2. The topological polar surface area (TPSA) is 55.7 Å². The molecule has 1 aliphatic carbocycles. The van der Waals surface area contributed by atoms with Crippen molar-refractivity contribution in [1.82, 2.24) is 14.9 Å². The van der Waals surface area contributed by atoms with E-state index in [0.717, 1.165) is 66.3 Å². The molecule has 2 aliphatic rings.